The van der Waals surface area contributed by atoms with Crippen LogP contribution in [0.3, 0.4) is 0 Å². The van der Waals surface area contributed by atoms with Crippen LogP contribution in [0.25, 0.3) is 21.8 Å². The SMILES string of the molecule is CCOC(=O)Cn1cc(S(C)(=O)=O)c2ccc(Cl)cc21.CS(=O)(=O)c1c[nH]c2cc(Cl)ccc12. The molecule has 0 amide bonds. The third-order valence-corrected chi connectivity index (χ3v) is 7.55. The smallest absolute Gasteiger partial charge is 0.325 e. The molecule has 0 atom stereocenters. The van der Waals surface area contributed by atoms with Gasteiger partial charge in [-0.15, -0.1) is 0 Å². The summed E-state index contributed by atoms with van der Waals surface area (Å²) in [7, 11) is -6.56. The van der Waals surface area contributed by atoms with E-state index >= 15 is 0 Å². The maximum Gasteiger partial charge on any atom is 0.325 e. The van der Waals surface area contributed by atoms with Crippen molar-refractivity contribution in [1.82, 2.24) is 9.55 Å². The number of benzene rings is 2. The zero-order chi connectivity index (χ0) is 25.3. The second kappa shape index (κ2) is 9.99. The molecule has 0 saturated carbocycles. The molecule has 0 fully saturated rings. The standard InChI is InChI=1S/C13H14ClNO4S.C9H8ClNO2S/c1-3-19-13(16)8-15-7-12(20(2,17)18)10-5-4-9(14)6-11(10)15;1-14(12,13)9-5-11-8-4-6(10)2-3-7(8)9/h4-7H,3,8H2,1-2H3;2-5,11H,1H3. The summed E-state index contributed by atoms with van der Waals surface area (Å²) in [5.74, 6) is -0.426. The van der Waals surface area contributed by atoms with E-state index in [1.165, 1.54) is 23.2 Å². The molecule has 34 heavy (non-hydrogen) atoms. The van der Waals surface area contributed by atoms with Crippen LogP contribution in [-0.4, -0.2) is 51.5 Å². The quantitative estimate of drug-likeness (QED) is 0.370. The van der Waals surface area contributed by atoms with E-state index < -0.39 is 25.6 Å². The van der Waals surface area contributed by atoms with Crippen molar-refractivity contribution >= 4 is 70.7 Å². The number of sulfone groups is 2. The molecule has 0 aliphatic heterocycles. The molecule has 0 spiro atoms. The fourth-order valence-corrected chi connectivity index (χ4v) is 5.46. The maximum atomic E-state index is 11.8. The Balaban J connectivity index is 0.000000202. The zero-order valence-corrected chi connectivity index (χ0v) is 21.6. The second-order valence-corrected chi connectivity index (χ2v) is 12.3. The molecule has 0 aliphatic rings. The van der Waals surface area contributed by atoms with Gasteiger partial charge >= 0.3 is 5.97 Å². The van der Waals surface area contributed by atoms with Crippen LogP contribution >= 0.6 is 23.2 Å². The number of carbonyl (C=O) groups is 1. The van der Waals surface area contributed by atoms with Gasteiger partial charge in [0.1, 0.15) is 6.54 Å². The van der Waals surface area contributed by atoms with Crippen molar-refractivity contribution < 1.29 is 26.4 Å². The number of aromatic amines is 1. The van der Waals surface area contributed by atoms with Crippen molar-refractivity contribution in [3.8, 4) is 0 Å². The van der Waals surface area contributed by atoms with Crippen molar-refractivity contribution in [1.29, 1.82) is 0 Å². The average Bonchev–Trinajstić information content (AvgIpc) is 3.29. The number of hydrogen-bond donors (Lipinski definition) is 1. The predicted octanol–water partition coefficient (Wildman–Crippen LogP) is 4.49. The first-order valence-corrected chi connectivity index (χ1v) is 14.5. The lowest BCUT2D eigenvalue weighted by molar-refractivity contribution is -0.143. The van der Waals surface area contributed by atoms with Crippen LogP contribution in [0.2, 0.25) is 10.0 Å². The van der Waals surface area contributed by atoms with Crippen LogP contribution in [0.4, 0.5) is 0 Å². The molecule has 0 aliphatic carbocycles. The molecule has 2 aromatic carbocycles. The number of H-pyrrole nitrogens is 1. The first kappa shape index (κ1) is 26.1. The number of nitrogens with one attached hydrogen (secondary N) is 1. The molecule has 0 saturated heterocycles. The fourth-order valence-electron chi connectivity index (χ4n) is 3.38. The minimum atomic E-state index is -3.39. The van der Waals surface area contributed by atoms with E-state index in [1.807, 2.05) is 0 Å². The molecule has 0 radical (unpaired) electrons. The molecular formula is C22H22Cl2N2O6S2. The third kappa shape index (κ3) is 5.93. The molecule has 4 rings (SSSR count). The number of ether oxygens (including phenoxy) is 1. The number of aromatic nitrogens is 2. The molecular weight excluding hydrogens is 523 g/mol. The van der Waals surface area contributed by atoms with Gasteiger partial charge in [0.15, 0.2) is 19.7 Å². The van der Waals surface area contributed by atoms with Crippen LogP contribution in [-0.2, 0) is 35.8 Å². The molecule has 4 aromatic rings. The Kier molecular flexibility index (Phi) is 7.66. The van der Waals surface area contributed by atoms with Crippen LogP contribution in [0, 0.1) is 0 Å². The first-order valence-electron chi connectivity index (χ1n) is 9.92. The van der Waals surface area contributed by atoms with Crippen molar-refractivity contribution in [3.05, 3.63) is 58.8 Å². The lowest BCUT2D eigenvalue weighted by Gasteiger charge is -2.04. The average molecular weight is 545 g/mol. The Morgan fingerprint density at radius 3 is 2.12 bits per heavy atom. The van der Waals surface area contributed by atoms with Gasteiger partial charge in [-0.1, -0.05) is 35.3 Å². The normalized spacial score (nSPS) is 11.9. The Bertz CT molecular complexity index is 1590. The van der Waals surface area contributed by atoms with Gasteiger partial charge < -0.3 is 14.3 Å². The highest BCUT2D eigenvalue weighted by Crippen LogP contribution is 2.28. The number of esters is 1. The minimum Gasteiger partial charge on any atom is -0.465 e. The Labute approximate surface area is 207 Å². The Morgan fingerprint density at radius 2 is 1.53 bits per heavy atom. The highest BCUT2D eigenvalue weighted by molar-refractivity contribution is 7.91. The summed E-state index contributed by atoms with van der Waals surface area (Å²) in [5, 5.41) is 2.28. The zero-order valence-electron chi connectivity index (χ0n) is 18.5. The summed E-state index contributed by atoms with van der Waals surface area (Å²) in [5.41, 5.74) is 1.32. The van der Waals surface area contributed by atoms with Crippen LogP contribution in [0.5, 0.6) is 0 Å². The van der Waals surface area contributed by atoms with Gasteiger partial charge in [0.2, 0.25) is 0 Å². The maximum absolute atomic E-state index is 11.8. The summed E-state index contributed by atoms with van der Waals surface area (Å²) in [6, 6.07) is 9.95. The monoisotopic (exact) mass is 544 g/mol. The van der Waals surface area contributed by atoms with Gasteiger partial charge in [-0.25, -0.2) is 16.8 Å². The van der Waals surface area contributed by atoms with Crippen molar-refractivity contribution in [2.24, 2.45) is 0 Å². The summed E-state index contributed by atoms with van der Waals surface area (Å²) in [6.45, 7) is 1.93. The molecule has 8 nitrogen and oxygen atoms in total. The lowest BCUT2D eigenvalue weighted by atomic mass is 10.2. The number of fused-ring (bicyclic) bond motifs is 2. The van der Waals surface area contributed by atoms with Crippen LogP contribution in [0.1, 0.15) is 6.92 Å². The Hall–Kier alpha value is -2.53. The molecule has 0 unspecified atom stereocenters. The van der Waals surface area contributed by atoms with E-state index in [0.29, 0.717) is 31.2 Å². The van der Waals surface area contributed by atoms with E-state index in [0.717, 1.165) is 11.8 Å². The highest BCUT2D eigenvalue weighted by Gasteiger charge is 2.18. The number of halogens is 2. The lowest BCUT2D eigenvalue weighted by Crippen LogP contribution is -2.12. The molecule has 2 aromatic heterocycles. The molecule has 1 N–H and O–H groups in total. The summed E-state index contributed by atoms with van der Waals surface area (Å²) >= 11 is 11.7. The number of nitrogens with zero attached hydrogens (tertiary/aromatic N) is 1. The van der Waals surface area contributed by atoms with Gasteiger partial charge in [0, 0.05) is 51.2 Å². The molecule has 2 heterocycles. The fraction of sp³-hybridized carbons (Fsp3) is 0.227. The second-order valence-electron chi connectivity index (χ2n) is 7.47. The van der Waals surface area contributed by atoms with Gasteiger partial charge in [0.05, 0.1) is 21.9 Å². The van der Waals surface area contributed by atoms with Crippen molar-refractivity contribution in [2.75, 3.05) is 19.1 Å². The predicted molar refractivity (Wildman–Crippen MR) is 133 cm³/mol. The molecule has 182 valence electrons. The molecule has 12 heteroatoms. The number of hydrogen-bond acceptors (Lipinski definition) is 6. The summed E-state index contributed by atoms with van der Waals surface area (Å²) in [4.78, 5) is 14.9. The van der Waals surface area contributed by atoms with Gasteiger partial charge in [-0.05, 0) is 31.2 Å². The van der Waals surface area contributed by atoms with E-state index in [4.69, 9.17) is 27.9 Å². The van der Waals surface area contributed by atoms with Gasteiger partial charge in [0.25, 0.3) is 0 Å². The summed E-state index contributed by atoms with van der Waals surface area (Å²) < 4.78 is 52.7. The number of carbonyl (C=O) groups excluding carboxylic acids is 1. The van der Waals surface area contributed by atoms with E-state index in [2.05, 4.69) is 4.98 Å². The largest absolute Gasteiger partial charge is 0.465 e. The first-order chi connectivity index (χ1) is 15.8. The van der Waals surface area contributed by atoms with Gasteiger partial charge in [-0.3, -0.25) is 4.79 Å². The third-order valence-electron chi connectivity index (χ3n) is 4.82. The number of rotatable bonds is 5. The topological polar surface area (TPSA) is 115 Å². The van der Waals surface area contributed by atoms with Gasteiger partial charge in [-0.2, -0.15) is 0 Å². The Morgan fingerprint density at radius 1 is 0.941 bits per heavy atom. The minimum absolute atomic E-state index is 0.0554. The van der Waals surface area contributed by atoms with E-state index in [9.17, 15) is 21.6 Å². The molecule has 0 bridgehead atoms. The van der Waals surface area contributed by atoms with Crippen LogP contribution < -0.4 is 0 Å². The van der Waals surface area contributed by atoms with Crippen LogP contribution in [0.15, 0.2) is 58.6 Å². The van der Waals surface area contributed by atoms with Crippen molar-refractivity contribution in [3.63, 3.8) is 0 Å². The summed E-state index contributed by atoms with van der Waals surface area (Å²) in [6.07, 6.45) is 5.24. The van der Waals surface area contributed by atoms with E-state index in [1.54, 1.807) is 43.3 Å². The van der Waals surface area contributed by atoms with Crippen molar-refractivity contribution in [2.45, 2.75) is 23.3 Å². The highest BCUT2D eigenvalue weighted by atomic mass is 35.5. The van der Waals surface area contributed by atoms with E-state index in [-0.39, 0.29) is 18.0 Å².